The van der Waals surface area contributed by atoms with E-state index in [1.165, 1.54) is 41.7 Å². The Labute approximate surface area is 131 Å². The maximum absolute atomic E-state index is 11.9. The molecule has 0 aliphatic heterocycles. The highest BCUT2D eigenvalue weighted by Gasteiger charge is 2.14. The van der Waals surface area contributed by atoms with Crippen LogP contribution in [-0.2, 0) is 20.6 Å². The minimum atomic E-state index is -3.80. The van der Waals surface area contributed by atoms with Crippen LogP contribution in [0.4, 0.5) is 0 Å². The summed E-state index contributed by atoms with van der Waals surface area (Å²) in [5.74, 6) is -1.07. The standard InChI is InChI=1S/C14H11N3O3S2/c15-7-11-1-3-12(4-2-11)9-22(19,20)17-14(18)6-5-13-8-21-10-16-13/h1-6,8,10H,9H2,(H,17,18). The average Bonchev–Trinajstić information content (AvgIpc) is 2.98. The van der Waals surface area contributed by atoms with Gasteiger partial charge in [0.25, 0.3) is 5.91 Å². The Balaban J connectivity index is 1.98. The molecule has 0 atom stereocenters. The number of hydrogen-bond donors (Lipinski definition) is 1. The highest BCUT2D eigenvalue weighted by Crippen LogP contribution is 2.07. The summed E-state index contributed by atoms with van der Waals surface area (Å²) in [6.07, 6.45) is 2.55. The van der Waals surface area contributed by atoms with Gasteiger partial charge in [0.15, 0.2) is 0 Å². The fourth-order valence-electron chi connectivity index (χ4n) is 1.58. The van der Waals surface area contributed by atoms with Gasteiger partial charge in [-0.2, -0.15) is 5.26 Å². The van der Waals surface area contributed by atoms with Crippen LogP contribution in [0, 0.1) is 11.3 Å². The zero-order valence-corrected chi connectivity index (χ0v) is 12.9. The maximum Gasteiger partial charge on any atom is 0.257 e. The summed E-state index contributed by atoms with van der Waals surface area (Å²) >= 11 is 1.37. The highest BCUT2D eigenvalue weighted by atomic mass is 32.2. The molecule has 6 nitrogen and oxygen atoms in total. The van der Waals surface area contributed by atoms with E-state index in [0.717, 1.165) is 6.08 Å². The van der Waals surface area contributed by atoms with E-state index >= 15 is 0 Å². The minimum Gasteiger partial charge on any atom is -0.269 e. The number of carbonyl (C=O) groups is 1. The monoisotopic (exact) mass is 333 g/mol. The molecule has 0 radical (unpaired) electrons. The Morgan fingerprint density at radius 2 is 2.09 bits per heavy atom. The molecule has 0 aliphatic rings. The van der Waals surface area contributed by atoms with Gasteiger partial charge in [-0.1, -0.05) is 12.1 Å². The molecular weight excluding hydrogens is 322 g/mol. The molecule has 0 aliphatic carbocycles. The summed E-state index contributed by atoms with van der Waals surface area (Å²) in [4.78, 5) is 15.5. The second-order valence-corrected chi connectivity index (χ2v) is 6.72. The van der Waals surface area contributed by atoms with E-state index < -0.39 is 15.9 Å². The lowest BCUT2D eigenvalue weighted by Crippen LogP contribution is -2.30. The quantitative estimate of drug-likeness (QED) is 0.839. The van der Waals surface area contributed by atoms with E-state index in [-0.39, 0.29) is 5.75 Å². The number of benzene rings is 1. The van der Waals surface area contributed by atoms with Crippen LogP contribution < -0.4 is 4.72 Å². The number of sulfonamides is 1. The van der Waals surface area contributed by atoms with Crippen molar-refractivity contribution in [1.29, 1.82) is 5.26 Å². The van der Waals surface area contributed by atoms with Gasteiger partial charge in [0.05, 0.1) is 28.6 Å². The number of nitrogens with zero attached hydrogens (tertiary/aromatic N) is 2. The largest absolute Gasteiger partial charge is 0.269 e. The number of aromatic nitrogens is 1. The first-order valence-electron chi connectivity index (χ1n) is 6.08. The van der Waals surface area contributed by atoms with Crippen LogP contribution in [0.1, 0.15) is 16.8 Å². The van der Waals surface area contributed by atoms with Gasteiger partial charge in [-0.3, -0.25) is 4.79 Å². The summed E-state index contributed by atoms with van der Waals surface area (Å²) in [6, 6.07) is 8.06. The van der Waals surface area contributed by atoms with Gasteiger partial charge in [0, 0.05) is 11.5 Å². The lowest BCUT2D eigenvalue weighted by atomic mass is 10.2. The normalized spacial score (nSPS) is 11.2. The Hall–Kier alpha value is -2.50. The molecule has 0 saturated heterocycles. The summed E-state index contributed by atoms with van der Waals surface area (Å²) in [7, 11) is -3.80. The van der Waals surface area contributed by atoms with E-state index in [9.17, 15) is 13.2 Å². The maximum atomic E-state index is 11.9. The molecule has 1 heterocycles. The van der Waals surface area contributed by atoms with Gasteiger partial charge in [0.2, 0.25) is 10.0 Å². The van der Waals surface area contributed by atoms with Crippen molar-refractivity contribution in [2.24, 2.45) is 0 Å². The number of amides is 1. The molecule has 1 aromatic carbocycles. The molecule has 1 amide bonds. The van der Waals surface area contributed by atoms with E-state index in [4.69, 9.17) is 5.26 Å². The van der Waals surface area contributed by atoms with Gasteiger partial charge >= 0.3 is 0 Å². The third-order valence-electron chi connectivity index (χ3n) is 2.55. The predicted octanol–water partition coefficient (Wildman–Crippen LogP) is 1.67. The first-order chi connectivity index (χ1) is 10.5. The smallest absolute Gasteiger partial charge is 0.257 e. The number of carbonyl (C=O) groups excluding carboxylic acids is 1. The molecule has 0 unspecified atom stereocenters. The van der Waals surface area contributed by atoms with Crippen LogP contribution in [0.15, 0.2) is 41.2 Å². The minimum absolute atomic E-state index is 0.338. The summed E-state index contributed by atoms with van der Waals surface area (Å²) in [5.41, 5.74) is 3.13. The molecule has 112 valence electrons. The molecule has 1 N–H and O–H groups in total. The molecule has 0 bridgehead atoms. The number of thiazole rings is 1. The van der Waals surface area contributed by atoms with Gasteiger partial charge in [0.1, 0.15) is 0 Å². The molecule has 8 heteroatoms. The molecular formula is C14H11N3O3S2. The summed E-state index contributed by atoms with van der Waals surface area (Å²) in [6.45, 7) is 0. The first-order valence-corrected chi connectivity index (χ1v) is 8.68. The average molecular weight is 333 g/mol. The Bertz CT molecular complexity index is 817. The van der Waals surface area contributed by atoms with Crippen molar-refractivity contribution in [3.63, 3.8) is 0 Å². The van der Waals surface area contributed by atoms with E-state index in [1.54, 1.807) is 10.9 Å². The van der Waals surface area contributed by atoms with Crippen LogP contribution in [-0.4, -0.2) is 19.3 Å². The zero-order valence-electron chi connectivity index (χ0n) is 11.3. The van der Waals surface area contributed by atoms with Crippen LogP contribution in [0.5, 0.6) is 0 Å². The lowest BCUT2D eigenvalue weighted by Gasteiger charge is -2.04. The lowest BCUT2D eigenvalue weighted by molar-refractivity contribution is -0.114. The van der Waals surface area contributed by atoms with Gasteiger partial charge in [-0.25, -0.2) is 18.1 Å². The van der Waals surface area contributed by atoms with Gasteiger partial charge in [-0.05, 0) is 23.8 Å². The Morgan fingerprint density at radius 3 is 2.68 bits per heavy atom. The van der Waals surface area contributed by atoms with Crippen LogP contribution in [0.2, 0.25) is 0 Å². The van der Waals surface area contributed by atoms with E-state index in [0.29, 0.717) is 16.8 Å². The summed E-state index contributed by atoms with van der Waals surface area (Å²) < 4.78 is 25.7. The second kappa shape index (κ2) is 6.98. The predicted molar refractivity (Wildman–Crippen MR) is 83.1 cm³/mol. The van der Waals surface area contributed by atoms with Crippen molar-refractivity contribution < 1.29 is 13.2 Å². The Morgan fingerprint density at radius 1 is 1.36 bits per heavy atom. The third-order valence-corrected chi connectivity index (χ3v) is 4.38. The fourth-order valence-corrected chi connectivity index (χ4v) is 3.18. The number of hydrogen-bond acceptors (Lipinski definition) is 6. The SMILES string of the molecule is N#Cc1ccc(CS(=O)(=O)NC(=O)C=Cc2cscn2)cc1. The summed E-state index contributed by atoms with van der Waals surface area (Å²) in [5, 5.41) is 10.4. The van der Waals surface area contributed by atoms with E-state index in [1.807, 2.05) is 10.8 Å². The van der Waals surface area contributed by atoms with Crippen molar-refractivity contribution >= 4 is 33.3 Å². The Kier molecular flexibility index (Phi) is 5.04. The molecule has 22 heavy (non-hydrogen) atoms. The van der Waals surface area contributed by atoms with Gasteiger partial charge in [-0.15, -0.1) is 11.3 Å². The molecule has 2 rings (SSSR count). The highest BCUT2D eigenvalue weighted by molar-refractivity contribution is 7.89. The molecule has 0 saturated carbocycles. The van der Waals surface area contributed by atoms with Crippen molar-refractivity contribution in [2.75, 3.05) is 0 Å². The van der Waals surface area contributed by atoms with Crippen molar-refractivity contribution in [1.82, 2.24) is 9.71 Å². The van der Waals surface area contributed by atoms with Gasteiger partial charge < -0.3 is 0 Å². The zero-order chi connectivity index (χ0) is 16.0. The number of nitriles is 1. The molecule has 0 spiro atoms. The van der Waals surface area contributed by atoms with Crippen molar-refractivity contribution in [2.45, 2.75) is 5.75 Å². The molecule has 2 aromatic rings. The number of rotatable bonds is 5. The fraction of sp³-hybridized carbons (Fsp3) is 0.0714. The first kappa shape index (κ1) is 15.9. The van der Waals surface area contributed by atoms with Crippen molar-refractivity contribution in [3.05, 3.63) is 58.1 Å². The third kappa shape index (κ3) is 4.80. The van der Waals surface area contributed by atoms with Crippen LogP contribution in [0.3, 0.4) is 0 Å². The number of nitrogens with one attached hydrogen (secondary N) is 1. The molecule has 0 fully saturated rings. The van der Waals surface area contributed by atoms with Crippen molar-refractivity contribution in [3.8, 4) is 6.07 Å². The topological polar surface area (TPSA) is 99.9 Å². The van der Waals surface area contributed by atoms with Crippen LogP contribution in [0.25, 0.3) is 6.08 Å². The molecule has 1 aromatic heterocycles. The van der Waals surface area contributed by atoms with Crippen LogP contribution >= 0.6 is 11.3 Å². The van der Waals surface area contributed by atoms with E-state index in [2.05, 4.69) is 4.98 Å². The second-order valence-electron chi connectivity index (χ2n) is 4.28.